The maximum atomic E-state index is 12.1. The molecule has 7 nitrogen and oxygen atoms in total. The van der Waals surface area contributed by atoms with Crippen molar-refractivity contribution < 1.29 is 19.4 Å². The first-order valence-corrected chi connectivity index (χ1v) is 8.70. The Hall–Kier alpha value is -3.35. The summed E-state index contributed by atoms with van der Waals surface area (Å²) in [5, 5.41) is 15.5. The van der Waals surface area contributed by atoms with E-state index < -0.39 is 5.91 Å². The van der Waals surface area contributed by atoms with Gasteiger partial charge in [0.25, 0.3) is 11.8 Å². The topological polar surface area (TPSA) is 100 Å². The first-order valence-electron chi connectivity index (χ1n) is 8.70. The number of aromatic hydroxyl groups is 1. The average Bonchev–Trinajstić information content (AvgIpc) is 2.68. The minimum absolute atomic E-state index is 0.152. The third kappa shape index (κ3) is 7.19. The summed E-state index contributed by atoms with van der Waals surface area (Å²) in [6.45, 7) is 2.54. The Labute approximate surface area is 158 Å². The molecule has 0 aliphatic heterocycles. The Bertz CT molecular complexity index is 771. The van der Waals surface area contributed by atoms with Crippen molar-refractivity contribution in [3.05, 3.63) is 59.7 Å². The lowest BCUT2D eigenvalue weighted by atomic mass is 10.2. The van der Waals surface area contributed by atoms with Crippen molar-refractivity contribution in [1.82, 2.24) is 10.7 Å². The number of hydrogen-bond acceptors (Lipinski definition) is 5. The van der Waals surface area contributed by atoms with Gasteiger partial charge in [-0.15, -0.1) is 0 Å². The minimum atomic E-state index is -0.446. The van der Waals surface area contributed by atoms with E-state index >= 15 is 0 Å². The van der Waals surface area contributed by atoms with Gasteiger partial charge >= 0.3 is 0 Å². The summed E-state index contributed by atoms with van der Waals surface area (Å²) in [5.74, 6) is 0.0615. The highest BCUT2D eigenvalue weighted by molar-refractivity contribution is 5.96. The third-order valence-corrected chi connectivity index (χ3v) is 3.59. The molecule has 0 heterocycles. The van der Waals surface area contributed by atoms with Crippen molar-refractivity contribution in [3.8, 4) is 11.5 Å². The first kappa shape index (κ1) is 20.0. The van der Waals surface area contributed by atoms with Crippen LogP contribution in [0.4, 0.5) is 0 Å². The molecule has 0 radical (unpaired) electrons. The number of carbonyl (C=O) groups excluding carboxylic acids is 2. The second kappa shape index (κ2) is 10.6. The van der Waals surface area contributed by atoms with Gasteiger partial charge in [-0.25, -0.2) is 5.43 Å². The lowest BCUT2D eigenvalue weighted by Crippen LogP contribution is -2.34. The van der Waals surface area contributed by atoms with Gasteiger partial charge in [-0.1, -0.05) is 13.3 Å². The van der Waals surface area contributed by atoms with Crippen molar-refractivity contribution in [2.75, 3.05) is 13.2 Å². The van der Waals surface area contributed by atoms with E-state index in [9.17, 15) is 14.7 Å². The highest BCUT2D eigenvalue weighted by Gasteiger charge is 2.07. The van der Waals surface area contributed by atoms with E-state index in [4.69, 9.17) is 4.74 Å². The van der Waals surface area contributed by atoms with Crippen molar-refractivity contribution in [3.63, 3.8) is 0 Å². The van der Waals surface area contributed by atoms with E-state index in [1.54, 1.807) is 36.4 Å². The Morgan fingerprint density at radius 2 is 1.81 bits per heavy atom. The summed E-state index contributed by atoms with van der Waals surface area (Å²) >= 11 is 0. The van der Waals surface area contributed by atoms with E-state index in [-0.39, 0.29) is 18.2 Å². The van der Waals surface area contributed by atoms with Gasteiger partial charge in [-0.3, -0.25) is 9.59 Å². The fourth-order valence-corrected chi connectivity index (χ4v) is 2.08. The maximum Gasteiger partial charge on any atom is 0.259 e. The number of phenols is 1. The zero-order chi connectivity index (χ0) is 19.5. The largest absolute Gasteiger partial charge is 0.508 e. The Morgan fingerprint density at radius 1 is 1.11 bits per heavy atom. The number of benzene rings is 2. The second-order valence-electron chi connectivity index (χ2n) is 5.79. The number of unbranched alkanes of at least 4 members (excludes halogenated alkanes) is 1. The van der Waals surface area contributed by atoms with Crippen LogP contribution in [0.15, 0.2) is 53.6 Å². The van der Waals surface area contributed by atoms with Gasteiger partial charge in [0.15, 0.2) is 0 Å². The fourth-order valence-electron chi connectivity index (χ4n) is 2.08. The van der Waals surface area contributed by atoms with E-state index in [1.165, 1.54) is 18.3 Å². The molecule has 0 bridgehead atoms. The molecule has 0 aliphatic carbocycles. The summed E-state index contributed by atoms with van der Waals surface area (Å²) in [6.07, 6.45) is 3.48. The van der Waals surface area contributed by atoms with Gasteiger partial charge in [0, 0.05) is 5.56 Å². The van der Waals surface area contributed by atoms with E-state index in [0.29, 0.717) is 17.9 Å². The van der Waals surface area contributed by atoms with Crippen LogP contribution in [-0.4, -0.2) is 36.3 Å². The van der Waals surface area contributed by atoms with Crippen LogP contribution < -0.4 is 15.5 Å². The normalized spacial score (nSPS) is 10.6. The molecular formula is C20H23N3O4. The van der Waals surface area contributed by atoms with Crippen molar-refractivity contribution in [1.29, 1.82) is 0 Å². The number of nitrogens with one attached hydrogen (secondary N) is 2. The lowest BCUT2D eigenvalue weighted by molar-refractivity contribution is -0.120. The van der Waals surface area contributed by atoms with Gasteiger partial charge < -0.3 is 15.2 Å². The van der Waals surface area contributed by atoms with E-state index in [1.807, 2.05) is 0 Å². The molecule has 2 aromatic rings. The Balaban J connectivity index is 1.74. The molecule has 27 heavy (non-hydrogen) atoms. The van der Waals surface area contributed by atoms with E-state index in [0.717, 1.165) is 18.4 Å². The fraction of sp³-hybridized carbons (Fsp3) is 0.250. The number of nitrogens with zero attached hydrogens (tertiary/aromatic N) is 1. The maximum absolute atomic E-state index is 12.1. The lowest BCUT2D eigenvalue weighted by Gasteiger charge is -2.07. The molecule has 0 aromatic heterocycles. The monoisotopic (exact) mass is 369 g/mol. The summed E-state index contributed by atoms with van der Waals surface area (Å²) in [5.41, 5.74) is 3.49. The van der Waals surface area contributed by atoms with E-state index in [2.05, 4.69) is 22.8 Å². The molecule has 0 aliphatic rings. The number of hydrazone groups is 1. The molecule has 0 spiro atoms. The summed E-state index contributed by atoms with van der Waals surface area (Å²) in [6, 6.07) is 13.1. The predicted molar refractivity (Wildman–Crippen MR) is 103 cm³/mol. The number of carbonyl (C=O) groups is 2. The molecule has 2 aromatic carbocycles. The average molecular weight is 369 g/mol. The van der Waals surface area contributed by atoms with Crippen LogP contribution in [0.2, 0.25) is 0 Å². The minimum Gasteiger partial charge on any atom is -0.508 e. The summed E-state index contributed by atoms with van der Waals surface area (Å²) in [4.78, 5) is 23.8. The molecule has 0 saturated carbocycles. The van der Waals surface area contributed by atoms with Crippen LogP contribution in [0, 0.1) is 0 Å². The molecule has 0 saturated heterocycles. The van der Waals surface area contributed by atoms with Crippen LogP contribution in [-0.2, 0) is 4.79 Å². The molecule has 3 N–H and O–H groups in total. The molecule has 0 fully saturated rings. The van der Waals surface area contributed by atoms with Crippen LogP contribution in [0.1, 0.15) is 35.7 Å². The van der Waals surface area contributed by atoms with Crippen molar-refractivity contribution >= 4 is 18.0 Å². The summed E-state index contributed by atoms with van der Waals surface area (Å²) < 4.78 is 5.54. The Morgan fingerprint density at radius 3 is 2.48 bits per heavy atom. The number of amides is 2. The number of ether oxygens (including phenoxy) is 1. The van der Waals surface area contributed by atoms with Gasteiger partial charge in [0.1, 0.15) is 11.5 Å². The quantitative estimate of drug-likeness (QED) is 0.359. The smallest absolute Gasteiger partial charge is 0.259 e. The first-order chi connectivity index (χ1) is 13.1. The summed E-state index contributed by atoms with van der Waals surface area (Å²) in [7, 11) is 0. The molecule has 0 unspecified atom stereocenters. The Kier molecular flexibility index (Phi) is 7.84. The standard InChI is InChI=1S/C20H23N3O4/c1-2-3-12-27-18-10-6-16(7-11-18)20(26)21-14-19(25)23-22-13-15-4-8-17(24)9-5-15/h4-11,13,24H,2-3,12,14H2,1H3,(H,21,26)(H,23,25). The highest BCUT2D eigenvalue weighted by atomic mass is 16.5. The van der Waals surface area contributed by atoms with Crippen LogP contribution >= 0.6 is 0 Å². The zero-order valence-corrected chi connectivity index (χ0v) is 15.1. The molecule has 2 amide bonds. The molecule has 7 heteroatoms. The second-order valence-corrected chi connectivity index (χ2v) is 5.79. The zero-order valence-electron chi connectivity index (χ0n) is 15.1. The van der Waals surface area contributed by atoms with Crippen LogP contribution in [0.25, 0.3) is 0 Å². The molecule has 142 valence electrons. The molecular weight excluding hydrogens is 346 g/mol. The third-order valence-electron chi connectivity index (χ3n) is 3.59. The number of rotatable bonds is 9. The molecule has 0 atom stereocenters. The SMILES string of the molecule is CCCCOc1ccc(C(=O)NCC(=O)NN=Cc2ccc(O)cc2)cc1. The predicted octanol–water partition coefficient (Wildman–Crippen LogP) is 2.45. The van der Waals surface area contributed by atoms with Crippen LogP contribution in [0.5, 0.6) is 11.5 Å². The highest BCUT2D eigenvalue weighted by Crippen LogP contribution is 2.12. The van der Waals surface area contributed by atoms with Gasteiger partial charge in [0.05, 0.1) is 19.4 Å². The number of phenolic OH excluding ortho intramolecular Hbond substituents is 1. The number of hydrogen-bond donors (Lipinski definition) is 3. The van der Waals surface area contributed by atoms with Crippen LogP contribution in [0.3, 0.4) is 0 Å². The van der Waals surface area contributed by atoms with Gasteiger partial charge in [0.2, 0.25) is 0 Å². The van der Waals surface area contributed by atoms with Gasteiger partial charge in [-0.2, -0.15) is 5.10 Å². The van der Waals surface area contributed by atoms with Gasteiger partial charge in [-0.05, 0) is 60.5 Å². The van der Waals surface area contributed by atoms with Crippen molar-refractivity contribution in [2.24, 2.45) is 5.10 Å². The molecule has 2 rings (SSSR count). The van der Waals surface area contributed by atoms with Crippen molar-refractivity contribution in [2.45, 2.75) is 19.8 Å².